The van der Waals surface area contributed by atoms with E-state index >= 15 is 0 Å². The number of rotatable bonds is 5. The standard InChI is InChI=1S/C16H26N2O2/c1-4-20-16-9-13(5-6-15(16)19)10-17-14-7-8-18(3)11-12(14)2/h5-6,9,12,14,17,19H,4,7-8,10-11H2,1-3H3. The van der Waals surface area contributed by atoms with Crippen LogP contribution in [0.3, 0.4) is 0 Å². The molecule has 1 aliphatic heterocycles. The van der Waals surface area contributed by atoms with Crippen LogP contribution in [-0.2, 0) is 6.54 Å². The maximum absolute atomic E-state index is 9.70. The smallest absolute Gasteiger partial charge is 0.161 e. The molecule has 2 unspecified atom stereocenters. The molecule has 1 fully saturated rings. The van der Waals surface area contributed by atoms with Crippen molar-refractivity contribution in [3.63, 3.8) is 0 Å². The first kappa shape index (κ1) is 15.1. The average molecular weight is 278 g/mol. The summed E-state index contributed by atoms with van der Waals surface area (Å²) in [7, 11) is 2.18. The summed E-state index contributed by atoms with van der Waals surface area (Å²) in [5.74, 6) is 1.45. The molecule has 1 heterocycles. The lowest BCUT2D eigenvalue weighted by atomic mass is 9.94. The highest BCUT2D eigenvalue weighted by atomic mass is 16.5. The molecule has 2 atom stereocenters. The molecule has 20 heavy (non-hydrogen) atoms. The first-order chi connectivity index (χ1) is 9.60. The number of benzene rings is 1. The van der Waals surface area contributed by atoms with Gasteiger partial charge in [0.2, 0.25) is 0 Å². The zero-order valence-electron chi connectivity index (χ0n) is 12.7. The minimum absolute atomic E-state index is 0.211. The van der Waals surface area contributed by atoms with Gasteiger partial charge in [-0.3, -0.25) is 0 Å². The van der Waals surface area contributed by atoms with Crippen LogP contribution in [0.1, 0.15) is 25.8 Å². The van der Waals surface area contributed by atoms with Crippen molar-refractivity contribution in [1.82, 2.24) is 10.2 Å². The Morgan fingerprint density at radius 3 is 2.95 bits per heavy atom. The van der Waals surface area contributed by atoms with Gasteiger partial charge in [-0.05, 0) is 50.6 Å². The maximum atomic E-state index is 9.70. The van der Waals surface area contributed by atoms with Crippen molar-refractivity contribution in [3.8, 4) is 11.5 Å². The van der Waals surface area contributed by atoms with Gasteiger partial charge in [0.05, 0.1) is 6.61 Å². The SMILES string of the molecule is CCOc1cc(CNC2CCN(C)CC2C)ccc1O. The zero-order chi connectivity index (χ0) is 14.5. The van der Waals surface area contributed by atoms with Crippen molar-refractivity contribution in [2.45, 2.75) is 32.9 Å². The predicted molar refractivity (Wildman–Crippen MR) is 81.2 cm³/mol. The predicted octanol–water partition coefficient (Wildman–Crippen LogP) is 2.22. The van der Waals surface area contributed by atoms with Crippen LogP contribution >= 0.6 is 0 Å². The zero-order valence-corrected chi connectivity index (χ0v) is 12.7. The molecule has 1 aliphatic rings. The quantitative estimate of drug-likeness (QED) is 0.867. The van der Waals surface area contributed by atoms with E-state index in [-0.39, 0.29) is 5.75 Å². The van der Waals surface area contributed by atoms with Crippen molar-refractivity contribution < 1.29 is 9.84 Å². The molecule has 0 radical (unpaired) electrons. The fourth-order valence-electron chi connectivity index (χ4n) is 2.85. The molecule has 0 aromatic heterocycles. The van der Waals surface area contributed by atoms with E-state index in [1.807, 2.05) is 19.1 Å². The van der Waals surface area contributed by atoms with Gasteiger partial charge in [-0.2, -0.15) is 0 Å². The van der Waals surface area contributed by atoms with E-state index in [2.05, 4.69) is 24.2 Å². The molecule has 0 aliphatic carbocycles. The third kappa shape index (κ3) is 3.87. The normalized spacial score (nSPS) is 23.8. The summed E-state index contributed by atoms with van der Waals surface area (Å²) in [4.78, 5) is 2.39. The monoisotopic (exact) mass is 278 g/mol. The summed E-state index contributed by atoms with van der Waals surface area (Å²) in [6.07, 6.45) is 1.19. The molecule has 1 saturated heterocycles. The Morgan fingerprint density at radius 1 is 1.45 bits per heavy atom. The number of nitrogens with zero attached hydrogens (tertiary/aromatic N) is 1. The summed E-state index contributed by atoms with van der Waals surface area (Å²) in [5, 5.41) is 13.3. The molecule has 2 rings (SSSR count). The molecule has 0 bridgehead atoms. The molecule has 2 N–H and O–H groups in total. The Balaban J connectivity index is 1.92. The van der Waals surface area contributed by atoms with Gasteiger partial charge in [0.25, 0.3) is 0 Å². The van der Waals surface area contributed by atoms with Crippen LogP contribution in [0.5, 0.6) is 11.5 Å². The Morgan fingerprint density at radius 2 is 2.25 bits per heavy atom. The van der Waals surface area contributed by atoms with Crippen LogP contribution < -0.4 is 10.1 Å². The van der Waals surface area contributed by atoms with E-state index in [0.717, 1.165) is 25.2 Å². The van der Waals surface area contributed by atoms with Gasteiger partial charge in [0, 0.05) is 19.1 Å². The number of piperidine rings is 1. The van der Waals surface area contributed by atoms with Crippen molar-refractivity contribution >= 4 is 0 Å². The lowest BCUT2D eigenvalue weighted by molar-refractivity contribution is 0.174. The van der Waals surface area contributed by atoms with Crippen LogP contribution in [0.2, 0.25) is 0 Å². The van der Waals surface area contributed by atoms with Crippen molar-refractivity contribution in [3.05, 3.63) is 23.8 Å². The summed E-state index contributed by atoms with van der Waals surface area (Å²) in [6.45, 7) is 7.91. The van der Waals surface area contributed by atoms with E-state index in [4.69, 9.17) is 4.74 Å². The molecule has 4 heteroatoms. The van der Waals surface area contributed by atoms with Gasteiger partial charge in [-0.25, -0.2) is 0 Å². The minimum atomic E-state index is 0.211. The van der Waals surface area contributed by atoms with Gasteiger partial charge >= 0.3 is 0 Å². The van der Waals surface area contributed by atoms with E-state index in [0.29, 0.717) is 24.3 Å². The highest BCUT2D eigenvalue weighted by molar-refractivity contribution is 5.41. The van der Waals surface area contributed by atoms with Crippen LogP contribution in [0, 0.1) is 5.92 Å². The number of nitrogens with one attached hydrogen (secondary N) is 1. The van der Waals surface area contributed by atoms with Crippen LogP contribution in [0.25, 0.3) is 0 Å². The Bertz CT molecular complexity index is 436. The lowest BCUT2D eigenvalue weighted by Crippen LogP contribution is -2.46. The second-order valence-electron chi connectivity index (χ2n) is 5.75. The first-order valence-corrected chi connectivity index (χ1v) is 7.46. The summed E-state index contributed by atoms with van der Waals surface area (Å²) in [5.41, 5.74) is 1.15. The number of hydrogen-bond donors (Lipinski definition) is 2. The Kier molecular flexibility index (Phi) is 5.26. The fourth-order valence-corrected chi connectivity index (χ4v) is 2.85. The summed E-state index contributed by atoms with van der Waals surface area (Å²) in [6, 6.07) is 6.14. The fraction of sp³-hybridized carbons (Fsp3) is 0.625. The van der Waals surface area contributed by atoms with Crippen molar-refractivity contribution in [2.24, 2.45) is 5.92 Å². The largest absolute Gasteiger partial charge is 0.504 e. The summed E-state index contributed by atoms with van der Waals surface area (Å²) >= 11 is 0. The third-order valence-corrected chi connectivity index (χ3v) is 4.00. The van der Waals surface area contributed by atoms with Gasteiger partial charge in [-0.1, -0.05) is 13.0 Å². The lowest BCUT2D eigenvalue weighted by Gasteiger charge is -2.35. The number of phenols is 1. The molecule has 0 spiro atoms. The highest BCUT2D eigenvalue weighted by Crippen LogP contribution is 2.27. The number of ether oxygens (including phenoxy) is 1. The molecule has 1 aromatic rings. The van der Waals surface area contributed by atoms with E-state index in [1.165, 1.54) is 6.42 Å². The average Bonchev–Trinajstić information content (AvgIpc) is 2.41. The van der Waals surface area contributed by atoms with E-state index in [9.17, 15) is 5.11 Å². The molecule has 112 valence electrons. The van der Waals surface area contributed by atoms with E-state index in [1.54, 1.807) is 6.07 Å². The van der Waals surface area contributed by atoms with Gasteiger partial charge in [-0.15, -0.1) is 0 Å². The Labute approximate surface area is 121 Å². The van der Waals surface area contributed by atoms with Crippen molar-refractivity contribution in [2.75, 3.05) is 26.7 Å². The molecule has 1 aromatic carbocycles. The number of hydrogen-bond acceptors (Lipinski definition) is 4. The number of likely N-dealkylation sites (tertiary alicyclic amines) is 1. The van der Waals surface area contributed by atoms with Gasteiger partial charge < -0.3 is 20.1 Å². The molecular weight excluding hydrogens is 252 g/mol. The molecular formula is C16H26N2O2. The molecule has 4 nitrogen and oxygen atoms in total. The second-order valence-corrected chi connectivity index (χ2v) is 5.75. The van der Waals surface area contributed by atoms with E-state index < -0.39 is 0 Å². The number of phenolic OH excluding ortho intramolecular Hbond substituents is 1. The van der Waals surface area contributed by atoms with Crippen LogP contribution in [-0.4, -0.2) is 42.8 Å². The maximum Gasteiger partial charge on any atom is 0.161 e. The van der Waals surface area contributed by atoms with Crippen LogP contribution in [0.15, 0.2) is 18.2 Å². The molecule has 0 saturated carbocycles. The first-order valence-electron chi connectivity index (χ1n) is 7.46. The van der Waals surface area contributed by atoms with Gasteiger partial charge in [0.15, 0.2) is 11.5 Å². The third-order valence-electron chi connectivity index (χ3n) is 4.00. The minimum Gasteiger partial charge on any atom is -0.504 e. The van der Waals surface area contributed by atoms with Crippen molar-refractivity contribution in [1.29, 1.82) is 0 Å². The highest BCUT2D eigenvalue weighted by Gasteiger charge is 2.23. The van der Waals surface area contributed by atoms with Crippen LogP contribution in [0.4, 0.5) is 0 Å². The molecule has 0 amide bonds. The topological polar surface area (TPSA) is 44.7 Å². The van der Waals surface area contributed by atoms with Gasteiger partial charge in [0.1, 0.15) is 0 Å². The Hall–Kier alpha value is -1.26. The second kappa shape index (κ2) is 6.95. The summed E-state index contributed by atoms with van der Waals surface area (Å²) < 4.78 is 5.42. The number of aromatic hydroxyl groups is 1.